The Morgan fingerprint density at radius 1 is 1.18 bits per heavy atom. The fourth-order valence-corrected chi connectivity index (χ4v) is 2.88. The van der Waals surface area contributed by atoms with Gasteiger partial charge in [0.1, 0.15) is 0 Å². The van der Waals surface area contributed by atoms with Gasteiger partial charge in [0.2, 0.25) is 0 Å². The van der Waals surface area contributed by atoms with E-state index in [1.807, 2.05) is 0 Å². The van der Waals surface area contributed by atoms with E-state index < -0.39 is 0 Å². The first-order valence-corrected chi connectivity index (χ1v) is 5.46. The third kappa shape index (κ3) is 3.48. The number of hydrogen-bond acceptors (Lipinski definition) is 2. The summed E-state index contributed by atoms with van der Waals surface area (Å²) in [5, 5.41) is 10.8. The van der Waals surface area contributed by atoms with Gasteiger partial charge in [-0.1, -0.05) is 13.8 Å². The molecular weight excluding hydrogens is 156 g/mol. The van der Waals surface area contributed by atoms with Crippen molar-refractivity contribution in [3.05, 3.63) is 0 Å². The van der Waals surface area contributed by atoms with Crippen LogP contribution in [0, 0.1) is 0 Å². The number of thioether (sulfide) groups is 1. The second kappa shape index (κ2) is 4.36. The zero-order valence-corrected chi connectivity index (χ0v) is 8.23. The van der Waals surface area contributed by atoms with Crippen molar-refractivity contribution in [2.45, 2.75) is 56.1 Å². The van der Waals surface area contributed by atoms with E-state index in [0.29, 0.717) is 0 Å². The van der Waals surface area contributed by atoms with E-state index in [-0.39, 0.29) is 6.10 Å². The highest BCUT2D eigenvalue weighted by molar-refractivity contribution is 8.00. The molecule has 2 heteroatoms. The van der Waals surface area contributed by atoms with Crippen LogP contribution in [0.3, 0.4) is 0 Å². The monoisotopic (exact) mass is 174 g/mol. The first kappa shape index (κ1) is 9.40. The molecular formula is C9H18OS. The molecule has 0 heterocycles. The van der Waals surface area contributed by atoms with Crippen LogP contribution in [0.25, 0.3) is 0 Å². The van der Waals surface area contributed by atoms with Crippen LogP contribution in [0.2, 0.25) is 0 Å². The lowest BCUT2D eigenvalue weighted by Crippen LogP contribution is -2.20. The van der Waals surface area contributed by atoms with Crippen molar-refractivity contribution >= 4 is 11.8 Å². The first-order valence-electron chi connectivity index (χ1n) is 4.52. The summed E-state index contributed by atoms with van der Waals surface area (Å²) in [6.07, 6.45) is 4.46. The summed E-state index contributed by atoms with van der Waals surface area (Å²) in [6, 6.07) is 0. The molecule has 1 nitrogen and oxygen atoms in total. The highest BCUT2D eigenvalue weighted by Crippen LogP contribution is 2.30. The van der Waals surface area contributed by atoms with Gasteiger partial charge in [-0.25, -0.2) is 0 Å². The molecule has 0 aromatic carbocycles. The summed E-state index contributed by atoms with van der Waals surface area (Å²) in [4.78, 5) is 0. The standard InChI is InChI=1S/C9H18OS/c1-7(2)11-9-5-3-8(10)4-6-9/h7-10H,3-6H2,1-2H3. The molecule has 0 amide bonds. The van der Waals surface area contributed by atoms with E-state index in [1.54, 1.807) is 0 Å². The van der Waals surface area contributed by atoms with E-state index in [9.17, 15) is 5.11 Å². The average molecular weight is 174 g/mol. The molecule has 0 saturated heterocycles. The predicted molar refractivity (Wildman–Crippen MR) is 51.0 cm³/mol. The minimum atomic E-state index is -0.000915. The van der Waals surface area contributed by atoms with Crippen LogP contribution >= 0.6 is 11.8 Å². The molecule has 0 spiro atoms. The Morgan fingerprint density at radius 3 is 2.18 bits per heavy atom. The summed E-state index contributed by atoms with van der Waals surface area (Å²) >= 11 is 2.07. The molecule has 1 fully saturated rings. The van der Waals surface area contributed by atoms with E-state index >= 15 is 0 Å². The maximum atomic E-state index is 9.25. The zero-order valence-electron chi connectivity index (χ0n) is 7.42. The Morgan fingerprint density at radius 2 is 1.73 bits per heavy atom. The van der Waals surface area contributed by atoms with Gasteiger partial charge in [0.25, 0.3) is 0 Å². The molecule has 1 N–H and O–H groups in total. The Hall–Kier alpha value is 0.310. The topological polar surface area (TPSA) is 20.2 Å². The minimum Gasteiger partial charge on any atom is -0.393 e. The molecule has 1 aliphatic rings. The number of rotatable bonds is 2. The molecule has 0 aromatic heterocycles. The van der Waals surface area contributed by atoms with E-state index in [2.05, 4.69) is 25.6 Å². The summed E-state index contributed by atoms with van der Waals surface area (Å²) < 4.78 is 0. The molecule has 1 aliphatic carbocycles. The highest BCUT2D eigenvalue weighted by Gasteiger charge is 2.19. The van der Waals surface area contributed by atoms with E-state index in [1.165, 1.54) is 12.8 Å². The summed E-state index contributed by atoms with van der Waals surface area (Å²) in [6.45, 7) is 4.49. The number of aliphatic hydroxyl groups is 1. The number of hydrogen-bond donors (Lipinski definition) is 1. The molecule has 0 radical (unpaired) electrons. The van der Waals surface area contributed by atoms with E-state index in [0.717, 1.165) is 23.3 Å². The van der Waals surface area contributed by atoms with Crippen molar-refractivity contribution in [2.75, 3.05) is 0 Å². The minimum absolute atomic E-state index is 0.000915. The Labute approximate surface area is 73.6 Å². The lowest BCUT2D eigenvalue weighted by molar-refractivity contribution is 0.132. The third-order valence-corrected chi connectivity index (χ3v) is 3.51. The van der Waals surface area contributed by atoms with Crippen molar-refractivity contribution in [1.29, 1.82) is 0 Å². The molecule has 0 aromatic rings. The van der Waals surface area contributed by atoms with Crippen LogP contribution < -0.4 is 0 Å². The van der Waals surface area contributed by atoms with Crippen LogP contribution in [-0.2, 0) is 0 Å². The van der Waals surface area contributed by atoms with Crippen molar-refractivity contribution in [3.8, 4) is 0 Å². The van der Waals surface area contributed by atoms with Gasteiger partial charge in [-0.05, 0) is 30.9 Å². The second-order valence-electron chi connectivity index (χ2n) is 3.62. The van der Waals surface area contributed by atoms with Gasteiger partial charge in [0, 0.05) is 5.25 Å². The molecule has 1 rings (SSSR count). The summed E-state index contributed by atoms with van der Waals surface area (Å²) in [5.74, 6) is 0. The van der Waals surface area contributed by atoms with Gasteiger partial charge in [0.15, 0.2) is 0 Å². The molecule has 0 unspecified atom stereocenters. The Bertz CT molecular complexity index is 106. The van der Waals surface area contributed by atoms with Crippen molar-refractivity contribution in [3.63, 3.8) is 0 Å². The van der Waals surface area contributed by atoms with Crippen molar-refractivity contribution < 1.29 is 5.11 Å². The molecule has 0 bridgehead atoms. The Balaban J connectivity index is 2.17. The zero-order chi connectivity index (χ0) is 8.27. The number of aliphatic hydroxyl groups excluding tert-OH is 1. The van der Waals surface area contributed by atoms with Crippen LogP contribution in [0.4, 0.5) is 0 Å². The predicted octanol–water partition coefficient (Wildman–Crippen LogP) is 2.43. The van der Waals surface area contributed by atoms with Gasteiger partial charge in [-0.3, -0.25) is 0 Å². The van der Waals surface area contributed by atoms with Crippen LogP contribution in [0.1, 0.15) is 39.5 Å². The van der Waals surface area contributed by atoms with Crippen LogP contribution in [-0.4, -0.2) is 21.7 Å². The maximum Gasteiger partial charge on any atom is 0.0541 e. The fourth-order valence-electron chi connectivity index (χ4n) is 1.57. The van der Waals surface area contributed by atoms with Gasteiger partial charge in [-0.15, -0.1) is 0 Å². The molecule has 11 heavy (non-hydrogen) atoms. The third-order valence-electron chi connectivity index (χ3n) is 2.11. The normalized spacial score (nSPS) is 32.7. The van der Waals surface area contributed by atoms with E-state index in [4.69, 9.17) is 0 Å². The summed E-state index contributed by atoms with van der Waals surface area (Å²) in [5.41, 5.74) is 0. The van der Waals surface area contributed by atoms with Crippen LogP contribution in [0.15, 0.2) is 0 Å². The van der Waals surface area contributed by atoms with Gasteiger partial charge in [0.05, 0.1) is 6.10 Å². The lowest BCUT2D eigenvalue weighted by atomic mass is 9.97. The lowest BCUT2D eigenvalue weighted by Gasteiger charge is -2.26. The Kier molecular flexibility index (Phi) is 3.73. The summed E-state index contributed by atoms with van der Waals surface area (Å²) in [7, 11) is 0. The van der Waals surface area contributed by atoms with Gasteiger partial charge < -0.3 is 5.11 Å². The SMILES string of the molecule is CC(C)SC1CCC(O)CC1. The molecule has 0 atom stereocenters. The smallest absolute Gasteiger partial charge is 0.0541 e. The largest absolute Gasteiger partial charge is 0.393 e. The molecule has 0 aliphatic heterocycles. The van der Waals surface area contributed by atoms with Crippen molar-refractivity contribution in [1.82, 2.24) is 0 Å². The first-order chi connectivity index (χ1) is 5.18. The highest BCUT2D eigenvalue weighted by atomic mass is 32.2. The molecule has 1 saturated carbocycles. The maximum absolute atomic E-state index is 9.25. The average Bonchev–Trinajstić information content (AvgIpc) is 1.93. The second-order valence-corrected chi connectivity index (χ2v) is 5.50. The van der Waals surface area contributed by atoms with Crippen molar-refractivity contribution in [2.24, 2.45) is 0 Å². The van der Waals surface area contributed by atoms with Crippen LogP contribution in [0.5, 0.6) is 0 Å². The molecule has 66 valence electrons. The fraction of sp³-hybridized carbons (Fsp3) is 1.00. The quantitative estimate of drug-likeness (QED) is 0.694. The van der Waals surface area contributed by atoms with Gasteiger partial charge >= 0.3 is 0 Å². The van der Waals surface area contributed by atoms with Gasteiger partial charge in [-0.2, -0.15) is 11.8 Å².